The highest BCUT2D eigenvalue weighted by molar-refractivity contribution is 6.05. The number of aliphatic hydroxyl groups is 1. The fourth-order valence-corrected chi connectivity index (χ4v) is 4.50. The molecule has 0 bridgehead atoms. The molecular weight excluding hydrogens is 415 g/mol. The van der Waals surface area contributed by atoms with Gasteiger partial charge in [-0.3, -0.25) is 9.78 Å². The van der Waals surface area contributed by atoms with Crippen molar-refractivity contribution in [3.63, 3.8) is 0 Å². The van der Waals surface area contributed by atoms with Crippen molar-refractivity contribution in [1.82, 2.24) is 9.97 Å². The molecule has 0 saturated carbocycles. The molecule has 0 radical (unpaired) electrons. The van der Waals surface area contributed by atoms with E-state index in [1.807, 2.05) is 39.0 Å². The van der Waals surface area contributed by atoms with Crippen LogP contribution in [-0.2, 0) is 0 Å². The number of benzene rings is 2. The SMILES string of the molecule is Cc1cc2nc(C(=O)C[C@@H](C)CCO)cc(-c3ccccc3F)c2c(C)c1-c1ccncc1. The highest BCUT2D eigenvalue weighted by Gasteiger charge is 2.20. The predicted molar refractivity (Wildman–Crippen MR) is 130 cm³/mol. The molecule has 0 aliphatic rings. The average Bonchev–Trinajstić information content (AvgIpc) is 2.79. The van der Waals surface area contributed by atoms with E-state index in [9.17, 15) is 14.3 Å². The van der Waals surface area contributed by atoms with Crippen LogP contribution in [0.1, 0.15) is 41.4 Å². The molecule has 0 unspecified atom stereocenters. The smallest absolute Gasteiger partial charge is 0.181 e. The van der Waals surface area contributed by atoms with Crippen molar-refractivity contribution >= 4 is 16.7 Å². The fraction of sp³-hybridized carbons (Fsp3) is 0.250. The van der Waals surface area contributed by atoms with Crippen LogP contribution < -0.4 is 0 Å². The van der Waals surface area contributed by atoms with Crippen molar-refractivity contribution in [2.75, 3.05) is 6.61 Å². The molecule has 0 fully saturated rings. The number of nitrogens with zero attached hydrogens (tertiary/aromatic N) is 2. The number of ketones is 1. The van der Waals surface area contributed by atoms with E-state index in [0.717, 1.165) is 27.6 Å². The first kappa shape index (κ1) is 22.7. The van der Waals surface area contributed by atoms with Gasteiger partial charge >= 0.3 is 0 Å². The van der Waals surface area contributed by atoms with Gasteiger partial charge in [-0.1, -0.05) is 25.1 Å². The molecule has 4 nitrogen and oxygen atoms in total. The lowest BCUT2D eigenvalue weighted by Crippen LogP contribution is -2.10. The number of hydrogen-bond donors (Lipinski definition) is 1. The summed E-state index contributed by atoms with van der Waals surface area (Å²) in [6.07, 6.45) is 4.34. The monoisotopic (exact) mass is 442 g/mol. The van der Waals surface area contributed by atoms with E-state index in [1.165, 1.54) is 6.07 Å². The number of aromatic nitrogens is 2. The van der Waals surface area contributed by atoms with Gasteiger partial charge in [0, 0.05) is 36.4 Å². The minimum absolute atomic E-state index is 0.0365. The third kappa shape index (κ3) is 4.55. The topological polar surface area (TPSA) is 63.1 Å². The van der Waals surface area contributed by atoms with Crippen LogP contribution in [0, 0.1) is 25.6 Å². The number of hydrogen-bond acceptors (Lipinski definition) is 4. The van der Waals surface area contributed by atoms with Crippen LogP contribution in [0.25, 0.3) is 33.2 Å². The lowest BCUT2D eigenvalue weighted by atomic mass is 9.88. The Labute approximate surface area is 193 Å². The number of rotatable bonds is 7. The summed E-state index contributed by atoms with van der Waals surface area (Å²) >= 11 is 0. The minimum Gasteiger partial charge on any atom is -0.396 e. The normalized spacial score (nSPS) is 12.2. The number of carbonyl (C=O) groups is 1. The molecule has 0 aliphatic heterocycles. The van der Waals surface area contributed by atoms with E-state index in [-0.39, 0.29) is 30.5 Å². The van der Waals surface area contributed by atoms with E-state index in [4.69, 9.17) is 4.98 Å². The number of aryl methyl sites for hydroxylation is 2. The first-order valence-electron chi connectivity index (χ1n) is 11.1. The highest BCUT2D eigenvalue weighted by Crippen LogP contribution is 2.39. The van der Waals surface area contributed by atoms with Crippen molar-refractivity contribution in [3.05, 3.63) is 83.6 Å². The Morgan fingerprint density at radius 3 is 2.48 bits per heavy atom. The van der Waals surface area contributed by atoms with Gasteiger partial charge in [-0.25, -0.2) is 9.37 Å². The molecule has 168 valence electrons. The quantitative estimate of drug-likeness (QED) is 0.341. The molecule has 0 amide bonds. The van der Waals surface area contributed by atoms with Crippen molar-refractivity contribution in [2.24, 2.45) is 5.92 Å². The Bertz CT molecular complexity index is 1320. The lowest BCUT2D eigenvalue weighted by molar-refractivity contribution is 0.0953. The Hall–Kier alpha value is -3.44. The largest absolute Gasteiger partial charge is 0.396 e. The van der Waals surface area contributed by atoms with E-state index in [0.29, 0.717) is 28.8 Å². The van der Waals surface area contributed by atoms with Crippen molar-refractivity contribution in [2.45, 2.75) is 33.6 Å². The zero-order valence-electron chi connectivity index (χ0n) is 19.1. The first-order valence-corrected chi connectivity index (χ1v) is 11.1. The van der Waals surface area contributed by atoms with Crippen LogP contribution in [0.15, 0.2) is 60.9 Å². The van der Waals surface area contributed by atoms with Gasteiger partial charge in [0.2, 0.25) is 0 Å². The minimum atomic E-state index is -0.345. The second-order valence-corrected chi connectivity index (χ2v) is 8.60. The van der Waals surface area contributed by atoms with Gasteiger partial charge in [-0.15, -0.1) is 0 Å². The molecule has 0 saturated heterocycles. The van der Waals surface area contributed by atoms with Crippen LogP contribution in [-0.4, -0.2) is 27.5 Å². The van der Waals surface area contributed by atoms with Crippen LogP contribution in [0.2, 0.25) is 0 Å². The molecule has 4 aromatic rings. The van der Waals surface area contributed by atoms with Gasteiger partial charge in [0.15, 0.2) is 5.78 Å². The second kappa shape index (κ2) is 9.59. The molecule has 2 aromatic carbocycles. The lowest BCUT2D eigenvalue weighted by Gasteiger charge is -2.18. The average molecular weight is 443 g/mol. The van der Waals surface area contributed by atoms with E-state index in [2.05, 4.69) is 4.98 Å². The van der Waals surface area contributed by atoms with E-state index < -0.39 is 0 Å². The number of fused-ring (bicyclic) bond motifs is 1. The van der Waals surface area contributed by atoms with Crippen molar-refractivity contribution < 1.29 is 14.3 Å². The molecule has 0 aliphatic carbocycles. The van der Waals surface area contributed by atoms with E-state index >= 15 is 0 Å². The van der Waals surface area contributed by atoms with Crippen LogP contribution in [0.3, 0.4) is 0 Å². The molecule has 0 spiro atoms. The maximum Gasteiger partial charge on any atom is 0.181 e. The van der Waals surface area contributed by atoms with Crippen molar-refractivity contribution in [1.29, 1.82) is 0 Å². The summed E-state index contributed by atoms with van der Waals surface area (Å²) in [5.41, 5.74) is 6.17. The summed E-state index contributed by atoms with van der Waals surface area (Å²) in [5, 5.41) is 10.0. The van der Waals surface area contributed by atoms with Gasteiger partial charge in [-0.05, 0) is 84.3 Å². The molecule has 1 atom stereocenters. The summed E-state index contributed by atoms with van der Waals surface area (Å²) < 4.78 is 14.9. The summed E-state index contributed by atoms with van der Waals surface area (Å²) in [6.45, 7) is 6.00. The molecular formula is C28H27FN2O2. The van der Waals surface area contributed by atoms with Gasteiger partial charge < -0.3 is 5.11 Å². The standard InChI is InChI=1S/C28H27FN2O2/c1-17(10-13-32)14-26(33)24-16-22(21-6-4-5-7-23(21)29)28-19(3)27(18(2)15-25(28)31-24)20-8-11-30-12-9-20/h4-9,11-12,15-17,32H,10,13-14H2,1-3H3/t17-/m0/s1. The highest BCUT2D eigenvalue weighted by atomic mass is 19.1. The van der Waals surface area contributed by atoms with Gasteiger partial charge in [-0.2, -0.15) is 0 Å². The van der Waals surface area contributed by atoms with Crippen LogP contribution in [0.5, 0.6) is 0 Å². The molecule has 1 N–H and O–H groups in total. The summed E-state index contributed by atoms with van der Waals surface area (Å²) in [6, 6.07) is 14.2. The van der Waals surface area contributed by atoms with Crippen molar-refractivity contribution in [3.8, 4) is 22.3 Å². The van der Waals surface area contributed by atoms with Gasteiger partial charge in [0.05, 0.1) is 5.52 Å². The number of Topliss-reactive ketones (excluding diaryl/α,β-unsaturated/α-hetero) is 1. The number of halogens is 1. The first-order chi connectivity index (χ1) is 15.9. The predicted octanol–water partition coefficient (Wildman–Crippen LogP) is 6.31. The third-order valence-electron chi connectivity index (χ3n) is 6.12. The molecule has 33 heavy (non-hydrogen) atoms. The van der Waals surface area contributed by atoms with Gasteiger partial charge in [0.1, 0.15) is 11.5 Å². The summed E-state index contributed by atoms with van der Waals surface area (Å²) in [5.74, 6) is -0.416. The van der Waals surface area contributed by atoms with Crippen LogP contribution >= 0.6 is 0 Å². The molecule has 2 aromatic heterocycles. The summed E-state index contributed by atoms with van der Waals surface area (Å²) in [4.78, 5) is 21.9. The maximum absolute atomic E-state index is 14.9. The Morgan fingerprint density at radius 2 is 1.79 bits per heavy atom. The number of pyridine rings is 2. The Kier molecular flexibility index (Phi) is 6.61. The molecule has 4 rings (SSSR count). The zero-order valence-corrected chi connectivity index (χ0v) is 19.1. The molecule has 2 heterocycles. The van der Waals surface area contributed by atoms with E-state index in [1.54, 1.807) is 36.7 Å². The van der Waals surface area contributed by atoms with Gasteiger partial charge in [0.25, 0.3) is 0 Å². The van der Waals surface area contributed by atoms with Crippen LogP contribution in [0.4, 0.5) is 4.39 Å². The fourth-order valence-electron chi connectivity index (χ4n) is 4.50. The third-order valence-corrected chi connectivity index (χ3v) is 6.12. The maximum atomic E-state index is 14.9. The second-order valence-electron chi connectivity index (χ2n) is 8.60. The number of aliphatic hydroxyl groups excluding tert-OH is 1. The Morgan fingerprint density at radius 1 is 1.06 bits per heavy atom. The zero-order chi connectivity index (χ0) is 23.5. The Balaban J connectivity index is 1.99. The summed E-state index contributed by atoms with van der Waals surface area (Å²) in [7, 11) is 0. The number of carbonyl (C=O) groups excluding carboxylic acids is 1. The molecule has 5 heteroatoms.